The van der Waals surface area contributed by atoms with Gasteiger partial charge < -0.3 is 5.11 Å². The van der Waals surface area contributed by atoms with E-state index in [1.54, 1.807) is 12.3 Å². The molecule has 1 aliphatic rings. The van der Waals surface area contributed by atoms with E-state index in [2.05, 4.69) is 20.0 Å². The second-order valence-electron chi connectivity index (χ2n) is 6.04. The Morgan fingerprint density at radius 2 is 2.09 bits per heavy atom. The molecule has 23 heavy (non-hydrogen) atoms. The molecule has 1 aromatic carbocycles. The van der Waals surface area contributed by atoms with Gasteiger partial charge in [0, 0.05) is 62.8 Å². The van der Waals surface area contributed by atoms with Gasteiger partial charge in [-0.3, -0.25) is 14.9 Å². The number of nitrogens with zero attached hydrogens (tertiary/aromatic N) is 3. The quantitative estimate of drug-likeness (QED) is 0.850. The maximum Gasteiger partial charge on any atom is 0.127 e. The summed E-state index contributed by atoms with van der Waals surface area (Å²) < 4.78 is 13.9. The molecule has 0 spiro atoms. The van der Waals surface area contributed by atoms with Crippen molar-refractivity contribution in [3.63, 3.8) is 0 Å². The summed E-state index contributed by atoms with van der Waals surface area (Å²) in [5.41, 5.74) is 1.81. The molecule has 0 aliphatic carbocycles. The van der Waals surface area contributed by atoms with E-state index in [9.17, 15) is 9.50 Å². The summed E-state index contributed by atoms with van der Waals surface area (Å²) in [5, 5.41) is 16.3. The summed E-state index contributed by atoms with van der Waals surface area (Å²) in [6, 6.07) is 9.14. The van der Waals surface area contributed by atoms with E-state index in [0.29, 0.717) is 13.0 Å². The maximum atomic E-state index is 13.9. The van der Waals surface area contributed by atoms with Gasteiger partial charge in [0.25, 0.3) is 0 Å². The molecule has 0 amide bonds. The van der Waals surface area contributed by atoms with Crippen molar-refractivity contribution in [2.75, 3.05) is 26.2 Å². The van der Waals surface area contributed by atoms with E-state index in [0.717, 1.165) is 37.4 Å². The molecule has 1 aliphatic heterocycles. The third-order valence-corrected chi connectivity index (χ3v) is 4.43. The number of benzene rings is 1. The van der Waals surface area contributed by atoms with Crippen molar-refractivity contribution in [1.29, 1.82) is 0 Å². The molecule has 0 radical (unpaired) electrons. The molecule has 1 fully saturated rings. The van der Waals surface area contributed by atoms with Gasteiger partial charge in [-0.15, -0.1) is 0 Å². The number of nitrogens with one attached hydrogen (secondary N) is 1. The molecule has 2 heterocycles. The molecule has 2 aromatic rings. The second kappa shape index (κ2) is 7.68. The van der Waals surface area contributed by atoms with Crippen LogP contribution in [-0.2, 0) is 13.1 Å². The third-order valence-electron chi connectivity index (χ3n) is 4.43. The van der Waals surface area contributed by atoms with Crippen molar-refractivity contribution in [3.8, 4) is 0 Å². The summed E-state index contributed by atoms with van der Waals surface area (Å²) in [7, 11) is 0. The first-order chi connectivity index (χ1) is 11.3. The number of hydrogen-bond donors (Lipinski definition) is 2. The zero-order valence-corrected chi connectivity index (χ0v) is 13.2. The molecule has 1 atom stereocenters. The Labute approximate surface area is 135 Å². The van der Waals surface area contributed by atoms with Crippen LogP contribution in [0.4, 0.5) is 4.39 Å². The minimum absolute atomic E-state index is 0.149. The monoisotopic (exact) mass is 318 g/mol. The predicted molar refractivity (Wildman–Crippen MR) is 86.2 cm³/mol. The fourth-order valence-corrected chi connectivity index (χ4v) is 3.19. The lowest BCUT2D eigenvalue weighted by Gasteiger charge is -2.41. The van der Waals surface area contributed by atoms with Crippen molar-refractivity contribution >= 4 is 0 Å². The van der Waals surface area contributed by atoms with Crippen LogP contribution in [-0.4, -0.2) is 57.4 Å². The van der Waals surface area contributed by atoms with Gasteiger partial charge in [0.05, 0.1) is 0 Å². The molecule has 1 aromatic heterocycles. The fourth-order valence-electron chi connectivity index (χ4n) is 3.19. The number of H-pyrrole nitrogens is 1. The van der Waals surface area contributed by atoms with Crippen molar-refractivity contribution in [2.24, 2.45) is 0 Å². The minimum Gasteiger partial charge on any atom is -0.396 e. The average Bonchev–Trinajstić information content (AvgIpc) is 3.05. The molecule has 124 valence electrons. The van der Waals surface area contributed by atoms with Gasteiger partial charge >= 0.3 is 0 Å². The Morgan fingerprint density at radius 1 is 1.22 bits per heavy atom. The fraction of sp³-hybridized carbons (Fsp3) is 0.471. The molecule has 0 bridgehead atoms. The highest BCUT2D eigenvalue weighted by atomic mass is 19.1. The number of aliphatic hydroxyl groups excluding tert-OH is 1. The van der Waals surface area contributed by atoms with Gasteiger partial charge in [-0.05, 0) is 18.6 Å². The van der Waals surface area contributed by atoms with E-state index in [1.807, 2.05) is 18.2 Å². The third kappa shape index (κ3) is 4.16. The van der Waals surface area contributed by atoms with Crippen LogP contribution in [0.5, 0.6) is 0 Å². The first kappa shape index (κ1) is 16.1. The Kier molecular flexibility index (Phi) is 5.38. The van der Waals surface area contributed by atoms with Gasteiger partial charge in [-0.2, -0.15) is 5.10 Å². The van der Waals surface area contributed by atoms with Gasteiger partial charge in [0.15, 0.2) is 0 Å². The van der Waals surface area contributed by atoms with Gasteiger partial charge in [0.2, 0.25) is 0 Å². The molecular formula is C17H23FN4O. The zero-order chi connectivity index (χ0) is 16.1. The SMILES string of the molecule is OCC[C@@H]1CN(Cc2ccn[nH]2)CCN1Cc1ccccc1F. The maximum absolute atomic E-state index is 13.9. The van der Waals surface area contributed by atoms with Crippen LogP contribution >= 0.6 is 0 Å². The first-order valence-electron chi connectivity index (χ1n) is 8.05. The van der Waals surface area contributed by atoms with Gasteiger partial charge in [-0.25, -0.2) is 4.39 Å². The number of piperazine rings is 1. The number of hydrogen-bond acceptors (Lipinski definition) is 4. The lowest BCUT2D eigenvalue weighted by Crippen LogP contribution is -2.52. The second-order valence-corrected chi connectivity index (χ2v) is 6.04. The molecule has 0 saturated carbocycles. The Balaban J connectivity index is 1.64. The standard InChI is InChI=1S/C17H23FN4O/c18-17-4-2-1-3-14(17)11-22-9-8-21(13-16(22)6-10-23)12-15-5-7-19-20-15/h1-5,7,16,23H,6,8-13H2,(H,19,20)/t16-/m1/s1. The normalized spacial score (nSPS) is 20.0. The number of aromatic nitrogens is 2. The molecule has 2 N–H and O–H groups in total. The summed E-state index contributed by atoms with van der Waals surface area (Å²) in [5.74, 6) is -0.157. The number of halogens is 1. The summed E-state index contributed by atoms with van der Waals surface area (Å²) in [6.45, 7) is 4.23. The summed E-state index contributed by atoms with van der Waals surface area (Å²) >= 11 is 0. The smallest absolute Gasteiger partial charge is 0.127 e. The van der Waals surface area contributed by atoms with Crippen LogP contribution in [0.25, 0.3) is 0 Å². The Hall–Kier alpha value is -1.76. The molecule has 1 saturated heterocycles. The van der Waals surface area contributed by atoms with E-state index in [1.165, 1.54) is 6.07 Å². The molecule has 0 unspecified atom stereocenters. The van der Waals surface area contributed by atoms with Crippen molar-refractivity contribution in [1.82, 2.24) is 20.0 Å². The number of aromatic amines is 1. The molecule has 5 nitrogen and oxygen atoms in total. The lowest BCUT2D eigenvalue weighted by atomic mass is 10.1. The van der Waals surface area contributed by atoms with Crippen LogP contribution in [0.2, 0.25) is 0 Å². The lowest BCUT2D eigenvalue weighted by molar-refractivity contribution is 0.0487. The van der Waals surface area contributed by atoms with Crippen molar-refractivity contribution < 1.29 is 9.50 Å². The largest absolute Gasteiger partial charge is 0.396 e. The van der Waals surface area contributed by atoms with Crippen LogP contribution in [0.1, 0.15) is 17.7 Å². The predicted octanol–water partition coefficient (Wildman–Crippen LogP) is 1.62. The topological polar surface area (TPSA) is 55.4 Å². The zero-order valence-electron chi connectivity index (χ0n) is 13.2. The van der Waals surface area contributed by atoms with Gasteiger partial charge in [0.1, 0.15) is 5.82 Å². The van der Waals surface area contributed by atoms with Crippen LogP contribution in [0.3, 0.4) is 0 Å². The Bertz CT molecular complexity index is 604. The summed E-state index contributed by atoms with van der Waals surface area (Å²) in [6.07, 6.45) is 2.46. The van der Waals surface area contributed by atoms with Crippen molar-refractivity contribution in [3.05, 3.63) is 53.6 Å². The Morgan fingerprint density at radius 3 is 2.83 bits per heavy atom. The molecular weight excluding hydrogens is 295 g/mol. The van der Waals surface area contributed by atoms with E-state index >= 15 is 0 Å². The minimum atomic E-state index is -0.157. The van der Waals surface area contributed by atoms with Gasteiger partial charge in [-0.1, -0.05) is 18.2 Å². The molecule has 3 rings (SSSR count). The molecule has 6 heteroatoms. The number of aliphatic hydroxyl groups is 1. The van der Waals surface area contributed by atoms with Crippen molar-refractivity contribution in [2.45, 2.75) is 25.6 Å². The highest BCUT2D eigenvalue weighted by molar-refractivity contribution is 5.17. The first-order valence-corrected chi connectivity index (χ1v) is 8.05. The van der Waals surface area contributed by atoms with E-state index in [4.69, 9.17) is 0 Å². The van der Waals surface area contributed by atoms with Crippen LogP contribution in [0, 0.1) is 5.82 Å². The van der Waals surface area contributed by atoms with Crippen LogP contribution < -0.4 is 0 Å². The van der Waals surface area contributed by atoms with E-state index in [-0.39, 0.29) is 18.5 Å². The highest BCUT2D eigenvalue weighted by Gasteiger charge is 2.27. The highest BCUT2D eigenvalue weighted by Crippen LogP contribution is 2.19. The number of rotatable bonds is 6. The van der Waals surface area contributed by atoms with E-state index < -0.39 is 0 Å². The van der Waals surface area contributed by atoms with Crippen LogP contribution in [0.15, 0.2) is 36.5 Å². The average molecular weight is 318 g/mol. The summed E-state index contributed by atoms with van der Waals surface area (Å²) in [4.78, 5) is 4.63.